The van der Waals surface area contributed by atoms with Gasteiger partial charge < -0.3 is 14.5 Å². The zero-order valence-corrected chi connectivity index (χ0v) is 14.4. The molecular weight excluding hydrogens is 328 g/mol. The van der Waals surface area contributed by atoms with Crippen LogP contribution in [0.4, 0.5) is 0 Å². The van der Waals surface area contributed by atoms with E-state index in [9.17, 15) is 9.90 Å². The molecular formula is C18H21ClN2O3. The van der Waals surface area contributed by atoms with Gasteiger partial charge in [-0.25, -0.2) is 0 Å². The molecule has 0 aliphatic carbocycles. The van der Waals surface area contributed by atoms with E-state index in [0.29, 0.717) is 16.3 Å². The first kappa shape index (κ1) is 17.0. The Morgan fingerprint density at radius 3 is 2.42 bits per heavy atom. The normalized spacial score (nSPS) is 16.7. The van der Waals surface area contributed by atoms with Gasteiger partial charge in [0.1, 0.15) is 5.69 Å². The summed E-state index contributed by atoms with van der Waals surface area (Å²) in [7, 11) is 0. The third kappa shape index (κ3) is 3.47. The van der Waals surface area contributed by atoms with E-state index in [1.54, 1.807) is 36.1 Å². The van der Waals surface area contributed by atoms with Crippen molar-refractivity contribution in [2.45, 2.75) is 38.7 Å². The highest BCUT2D eigenvalue weighted by molar-refractivity contribution is 6.30. The van der Waals surface area contributed by atoms with E-state index >= 15 is 0 Å². The topological polar surface area (TPSA) is 66.6 Å². The highest BCUT2D eigenvalue weighted by atomic mass is 35.5. The Balaban J connectivity index is 1.96. The van der Waals surface area contributed by atoms with Gasteiger partial charge in [-0.3, -0.25) is 4.79 Å². The lowest BCUT2D eigenvalue weighted by Crippen LogP contribution is -2.32. The van der Waals surface area contributed by atoms with Gasteiger partial charge in [0, 0.05) is 23.7 Å². The molecule has 0 saturated carbocycles. The van der Waals surface area contributed by atoms with Gasteiger partial charge in [-0.05, 0) is 31.9 Å². The summed E-state index contributed by atoms with van der Waals surface area (Å²) >= 11 is 5.92. The average Bonchev–Trinajstić information content (AvgIpc) is 2.83. The zero-order chi connectivity index (χ0) is 17.1. The Labute approximate surface area is 146 Å². The van der Waals surface area contributed by atoms with Crippen molar-refractivity contribution in [1.29, 1.82) is 0 Å². The van der Waals surface area contributed by atoms with Crippen LogP contribution in [-0.4, -0.2) is 34.2 Å². The highest BCUT2D eigenvalue weighted by Gasteiger charge is 2.29. The minimum atomic E-state index is -0.854. The standard InChI is InChI=1S/C18H21ClN2O3/c1-12(22)15-16(13-6-8-14(19)9-7-13)20-24-17(15)18(23)21-10-4-2-3-5-11-21/h6-9,12,22H,2-5,10-11H2,1H3/t12-/m0/s1. The van der Waals surface area contributed by atoms with Crippen LogP contribution in [0.15, 0.2) is 28.8 Å². The second kappa shape index (κ2) is 7.36. The minimum Gasteiger partial charge on any atom is -0.388 e. The molecule has 2 aromatic rings. The molecule has 2 heterocycles. The first-order valence-corrected chi connectivity index (χ1v) is 8.68. The van der Waals surface area contributed by atoms with Gasteiger partial charge in [0.25, 0.3) is 5.91 Å². The number of aromatic nitrogens is 1. The number of aliphatic hydroxyl groups is 1. The number of aliphatic hydroxyl groups excluding tert-OH is 1. The number of carbonyl (C=O) groups is 1. The number of rotatable bonds is 3. The summed E-state index contributed by atoms with van der Waals surface area (Å²) in [6.07, 6.45) is 3.41. The van der Waals surface area contributed by atoms with Crippen molar-refractivity contribution in [3.8, 4) is 11.3 Å². The number of amides is 1. The first-order chi connectivity index (χ1) is 11.6. The molecule has 128 valence electrons. The van der Waals surface area contributed by atoms with Crippen molar-refractivity contribution in [1.82, 2.24) is 10.1 Å². The van der Waals surface area contributed by atoms with Crippen molar-refractivity contribution in [3.05, 3.63) is 40.6 Å². The lowest BCUT2D eigenvalue weighted by molar-refractivity contribution is 0.0711. The van der Waals surface area contributed by atoms with Crippen molar-refractivity contribution >= 4 is 17.5 Å². The van der Waals surface area contributed by atoms with Gasteiger partial charge in [0.15, 0.2) is 0 Å². The minimum absolute atomic E-state index is 0.136. The maximum atomic E-state index is 12.8. The summed E-state index contributed by atoms with van der Waals surface area (Å²) in [4.78, 5) is 14.6. The summed E-state index contributed by atoms with van der Waals surface area (Å²) in [5.74, 6) is -0.0580. The summed E-state index contributed by atoms with van der Waals surface area (Å²) < 4.78 is 5.36. The van der Waals surface area contributed by atoms with Crippen LogP contribution >= 0.6 is 11.6 Å². The molecule has 0 unspecified atom stereocenters. The molecule has 0 radical (unpaired) electrons. The number of nitrogens with zero attached hydrogens (tertiary/aromatic N) is 2. The molecule has 1 amide bonds. The molecule has 1 aromatic carbocycles. The largest absolute Gasteiger partial charge is 0.388 e. The fourth-order valence-electron chi connectivity index (χ4n) is 3.07. The molecule has 1 aromatic heterocycles. The summed E-state index contributed by atoms with van der Waals surface area (Å²) in [6, 6.07) is 7.08. The highest BCUT2D eigenvalue weighted by Crippen LogP contribution is 2.32. The molecule has 6 heteroatoms. The number of carbonyl (C=O) groups excluding carboxylic acids is 1. The van der Waals surface area contributed by atoms with Gasteiger partial charge in [0.2, 0.25) is 5.76 Å². The second-order valence-corrected chi connectivity index (χ2v) is 6.60. The molecule has 24 heavy (non-hydrogen) atoms. The third-order valence-corrected chi connectivity index (χ3v) is 4.60. The molecule has 1 saturated heterocycles. The molecule has 3 rings (SSSR count). The lowest BCUT2D eigenvalue weighted by atomic mass is 10.0. The van der Waals surface area contributed by atoms with E-state index in [2.05, 4.69) is 5.16 Å². The molecule has 1 aliphatic heterocycles. The quantitative estimate of drug-likeness (QED) is 0.908. The predicted octanol–water partition coefficient (Wildman–Crippen LogP) is 4.06. The van der Waals surface area contributed by atoms with Gasteiger partial charge in [-0.2, -0.15) is 0 Å². The second-order valence-electron chi connectivity index (χ2n) is 6.16. The number of benzene rings is 1. The zero-order valence-electron chi connectivity index (χ0n) is 13.7. The van der Waals surface area contributed by atoms with E-state index in [-0.39, 0.29) is 11.7 Å². The number of halogens is 1. The number of hydrogen-bond donors (Lipinski definition) is 1. The Morgan fingerprint density at radius 1 is 1.21 bits per heavy atom. The first-order valence-electron chi connectivity index (χ1n) is 8.31. The van der Waals surface area contributed by atoms with Crippen molar-refractivity contribution in [2.24, 2.45) is 0 Å². The Kier molecular flexibility index (Phi) is 5.21. The lowest BCUT2D eigenvalue weighted by Gasteiger charge is -2.19. The Morgan fingerprint density at radius 2 is 1.83 bits per heavy atom. The van der Waals surface area contributed by atoms with Crippen LogP contribution in [0, 0.1) is 0 Å². The van der Waals surface area contributed by atoms with Gasteiger partial charge in [-0.1, -0.05) is 41.7 Å². The summed E-state index contributed by atoms with van der Waals surface area (Å²) in [6.45, 7) is 3.05. The fourth-order valence-corrected chi connectivity index (χ4v) is 3.20. The number of hydrogen-bond acceptors (Lipinski definition) is 4. The van der Waals surface area contributed by atoms with E-state index in [1.807, 2.05) is 0 Å². The van der Waals surface area contributed by atoms with Gasteiger partial charge in [-0.15, -0.1) is 0 Å². The monoisotopic (exact) mass is 348 g/mol. The SMILES string of the molecule is C[C@H](O)c1c(-c2ccc(Cl)cc2)noc1C(=O)N1CCCCCC1. The van der Waals surface area contributed by atoms with E-state index in [4.69, 9.17) is 16.1 Å². The third-order valence-electron chi connectivity index (χ3n) is 4.35. The maximum Gasteiger partial charge on any atom is 0.292 e. The predicted molar refractivity (Wildman–Crippen MR) is 92.0 cm³/mol. The Hall–Kier alpha value is -1.85. The molecule has 1 aliphatic rings. The molecule has 0 bridgehead atoms. The maximum absolute atomic E-state index is 12.8. The summed E-state index contributed by atoms with van der Waals surface area (Å²) in [5, 5.41) is 14.9. The molecule has 5 nitrogen and oxygen atoms in total. The van der Waals surface area contributed by atoms with Crippen molar-refractivity contribution in [3.63, 3.8) is 0 Å². The molecule has 1 N–H and O–H groups in total. The van der Waals surface area contributed by atoms with Crippen LogP contribution in [-0.2, 0) is 0 Å². The van der Waals surface area contributed by atoms with E-state index in [0.717, 1.165) is 44.3 Å². The van der Waals surface area contributed by atoms with Gasteiger partial charge >= 0.3 is 0 Å². The smallest absolute Gasteiger partial charge is 0.292 e. The number of likely N-dealkylation sites (tertiary alicyclic amines) is 1. The van der Waals surface area contributed by atoms with Crippen LogP contribution in [0.5, 0.6) is 0 Å². The Bertz CT molecular complexity index is 702. The molecule has 0 spiro atoms. The molecule has 1 fully saturated rings. The van der Waals surface area contributed by atoms with E-state index in [1.165, 1.54) is 0 Å². The van der Waals surface area contributed by atoms with Crippen LogP contribution in [0.25, 0.3) is 11.3 Å². The fraction of sp³-hybridized carbons (Fsp3) is 0.444. The average molecular weight is 349 g/mol. The van der Waals surface area contributed by atoms with Crippen molar-refractivity contribution in [2.75, 3.05) is 13.1 Å². The van der Waals surface area contributed by atoms with Crippen LogP contribution < -0.4 is 0 Å². The molecule has 1 atom stereocenters. The van der Waals surface area contributed by atoms with Crippen LogP contribution in [0.1, 0.15) is 54.8 Å². The van der Waals surface area contributed by atoms with Gasteiger partial charge in [0.05, 0.1) is 11.7 Å². The van der Waals surface area contributed by atoms with Crippen LogP contribution in [0.2, 0.25) is 5.02 Å². The van der Waals surface area contributed by atoms with Crippen LogP contribution in [0.3, 0.4) is 0 Å². The van der Waals surface area contributed by atoms with Crippen molar-refractivity contribution < 1.29 is 14.4 Å². The summed E-state index contributed by atoms with van der Waals surface area (Å²) in [5.41, 5.74) is 1.68. The van der Waals surface area contributed by atoms with E-state index < -0.39 is 6.10 Å².